The van der Waals surface area contributed by atoms with Gasteiger partial charge < -0.3 is 9.47 Å². The van der Waals surface area contributed by atoms with Crippen LogP contribution in [-0.2, 0) is 19.6 Å². The predicted molar refractivity (Wildman–Crippen MR) is 116 cm³/mol. The molecule has 3 aromatic rings. The van der Waals surface area contributed by atoms with Gasteiger partial charge in [-0.2, -0.15) is 0 Å². The average molecular weight is 494 g/mol. The highest BCUT2D eigenvalue weighted by atomic mass is 79.9. The van der Waals surface area contributed by atoms with E-state index in [-0.39, 0.29) is 23.9 Å². The number of aromatic nitrogens is 1. The van der Waals surface area contributed by atoms with Gasteiger partial charge in [0.25, 0.3) is 10.0 Å². The Kier molecular flexibility index (Phi) is 6.33. The Morgan fingerprint density at radius 3 is 2.50 bits per heavy atom. The Balaban J connectivity index is 2.01. The highest BCUT2D eigenvalue weighted by Crippen LogP contribution is 2.30. The highest BCUT2D eigenvalue weighted by Gasteiger charge is 2.23. The first-order valence-electron chi connectivity index (χ1n) is 9.11. The summed E-state index contributed by atoms with van der Waals surface area (Å²) in [5.74, 6) is -0.353. The van der Waals surface area contributed by atoms with Crippen LogP contribution in [0, 0.1) is 6.92 Å². The summed E-state index contributed by atoms with van der Waals surface area (Å²) in [7, 11) is -3.97. The molecule has 0 aliphatic carbocycles. The number of aryl methyl sites for hydroxylation is 1. The zero-order chi connectivity index (χ0) is 22.1. The third-order valence-corrected chi connectivity index (χ3v) is 6.63. The molecule has 158 valence electrons. The number of rotatable bonds is 7. The van der Waals surface area contributed by atoms with Crippen molar-refractivity contribution in [2.24, 2.45) is 0 Å². The maximum absolute atomic E-state index is 13.3. The Bertz CT molecular complexity index is 1250. The van der Waals surface area contributed by atoms with Crippen LogP contribution >= 0.6 is 15.9 Å². The summed E-state index contributed by atoms with van der Waals surface area (Å²) in [6.45, 7) is 4.77. The van der Waals surface area contributed by atoms with Gasteiger partial charge in [-0.25, -0.2) is 17.2 Å². The first-order chi connectivity index (χ1) is 14.1. The lowest BCUT2D eigenvalue weighted by molar-refractivity contribution is -0.145. The summed E-state index contributed by atoms with van der Waals surface area (Å²) in [5, 5.41) is 0.548. The van der Waals surface area contributed by atoms with E-state index in [9.17, 15) is 18.0 Å². The largest absolute Gasteiger partial charge is 0.482 e. The van der Waals surface area contributed by atoms with E-state index in [2.05, 4.69) is 15.9 Å². The number of fused-ring (bicyclic) bond motifs is 1. The quantitative estimate of drug-likeness (QED) is 0.363. The minimum Gasteiger partial charge on any atom is -0.482 e. The lowest BCUT2D eigenvalue weighted by Gasteiger charge is -2.12. The summed E-state index contributed by atoms with van der Waals surface area (Å²) in [5.41, 5.74) is 1.27. The van der Waals surface area contributed by atoms with Gasteiger partial charge >= 0.3 is 5.97 Å². The van der Waals surface area contributed by atoms with E-state index in [1.54, 1.807) is 32.0 Å². The first kappa shape index (κ1) is 22.0. The summed E-state index contributed by atoms with van der Waals surface area (Å²) < 4.78 is 38.7. The molecule has 0 aliphatic rings. The molecule has 9 heteroatoms. The molecular weight excluding hydrogens is 474 g/mol. The maximum atomic E-state index is 13.3. The van der Waals surface area contributed by atoms with E-state index in [1.165, 1.54) is 31.3 Å². The number of ketones is 1. The summed E-state index contributed by atoms with van der Waals surface area (Å²) in [6.07, 6.45) is 1.34. The molecule has 0 aliphatic heterocycles. The van der Waals surface area contributed by atoms with Crippen molar-refractivity contribution in [3.8, 4) is 5.75 Å². The number of ether oxygens (including phenoxy) is 2. The number of nitrogens with zero attached hydrogens (tertiary/aromatic N) is 1. The predicted octanol–water partition coefficient (Wildman–Crippen LogP) is 4.09. The van der Waals surface area contributed by atoms with Crippen molar-refractivity contribution in [2.75, 3.05) is 13.2 Å². The van der Waals surface area contributed by atoms with Crippen molar-refractivity contribution in [3.63, 3.8) is 0 Å². The van der Waals surface area contributed by atoms with Crippen LogP contribution in [0.5, 0.6) is 5.75 Å². The average Bonchev–Trinajstić information content (AvgIpc) is 3.07. The summed E-state index contributed by atoms with van der Waals surface area (Å²) in [4.78, 5) is 23.5. The lowest BCUT2D eigenvalue weighted by atomic mass is 10.1. The molecule has 2 aromatic carbocycles. The molecule has 1 heterocycles. The Labute approximate surface area is 182 Å². The van der Waals surface area contributed by atoms with Crippen molar-refractivity contribution in [3.05, 3.63) is 58.2 Å². The molecule has 1 aromatic heterocycles. The Morgan fingerprint density at radius 1 is 1.13 bits per heavy atom. The second-order valence-electron chi connectivity index (χ2n) is 6.58. The fraction of sp³-hybridized carbons (Fsp3) is 0.238. The van der Waals surface area contributed by atoms with Crippen LogP contribution in [0.2, 0.25) is 0 Å². The number of esters is 1. The minimum atomic E-state index is -3.97. The van der Waals surface area contributed by atoms with E-state index in [1.807, 2.05) is 0 Å². The third-order valence-electron chi connectivity index (χ3n) is 4.47. The molecule has 0 atom stereocenters. The molecule has 0 saturated carbocycles. The molecule has 0 spiro atoms. The van der Waals surface area contributed by atoms with Crippen LogP contribution < -0.4 is 4.74 Å². The van der Waals surface area contributed by atoms with Gasteiger partial charge in [0.1, 0.15) is 5.75 Å². The molecule has 0 radical (unpaired) electrons. The molecule has 0 amide bonds. The van der Waals surface area contributed by atoms with E-state index < -0.39 is 16.0 Å². The SMILES string of the molecule is CCOC(=O)COc1ccc(S(=O)(=O)n2cc(C(C)=O)c3cc(Br)ccc32)cc1C. The molecule has 0 saturated heterocycles. The second kappa shape index (κ2) is 8.61. The van der Waals surface area contributed by atoms with E-state index in [4.69, 9.17) is 9.47 Å². The van der Waals surface area contributed by atoms with Crippen LogP contribution in [0.15, 0.2) is 52.0 Å². The number of hydrogen-bond donors (Lipinski definition) is 0. The molecule has 7 nitrogen and oxygen atoms in total. The fourth-order valence-corrected chi connectivity index (χ4v) is 4.87. The van der Waals surface area contributed by atoms with Gasteiger partial charge in [0, 0.05) is 21.6 Å². The molecule has 30 heavy (non-hydrogen) atoms. The first-order valence-corrected chi connectivity index (χ1v) is 11.3. The zero-order valence-corrected chi connectivity index (χ0v) is 19.0. The Hall–Kier alpha value is -2.65. The van der Waals surface area contributed by atoms with Gasteiger partial charge in [0.2, 0.25) is 0 Å². The van der Waals surface area contributed by atoms with Gasteiger partial charge in [0.05, 0.1) is 17.0 Å². The Morgan fingerprint density at radius 2 is 1.87 bits per heavy atom. The number of halogens is 1. The topological polar surface area (TPSA) is 91.7 Å². The summed E-state index contributed by atoms with van der Waals surface area (Å²) in [6, 6.07) is 9.45. The smallest absolute Gasteiger partial charge is 0.344 e. The van der Waals surface area contributed by atoms with Gasteiger partial charge in [-0.15, -0.1) is 0 Å². The van der Waals surface area contributed by atoms with Crippen LogP contribution in [0.4, 0.5) is 0 Å². The van der Waals surface area contributed by atoms with Crippen molar-refractivity contribution in [1.82, 2.24) is 3.97 Å². The maximum Gasteiger partial charge on any atom is 0.344 e. The van der Waals surface area contributed by atoms with Crippen molar-refractivity contribution >= 4 is 48.6 Å². The molecule has 0 N–H and O–H groups in total. The molecule has 0 unspecified atom stereocenters. The van der Waals surface area contributed by atoms with E-state index >= 15 is 0 Å². The number of carbonyl (C=O) groups is 2. The number of hydrogen-bond acceptors (Lipinski definition) is 6. The minimum absolute atomic E-state index is 0.0402. The van der Waals surface area contributed by atoms with Gasteiger partial charge in [-0.1, -0.05) is 15.9 Å². The number of benzene rings is 2. The van der Waals surface area contributed by atoms with Crippen LogP contribution in [0.25, 0.3) is 10.9 Å². The highest BCUT2D eigenvalue weighted by molar-refractivity contribution is 9.10. The standard InChI is InChI=1S/C21H20BrNO6S/c1-4-28-21(25)12-29-20-8-6-16(9-13(20)2)30(26,27)23-11-18(14(3)24)17-10-15(22)5-7-19(17)23/h5-11H,4,12H2,1-3H3. The molecular formula is C21H20BrNO6S. The van der Waals surface area contributed by atoms with Crippen LogP contribution in [0.1, 0.15) is 29.8 Å². The summed E-state index contributed by atoms with van der Waals surface area (Å²) >= 11 is 3.36. The van der Waals surface area contributed by atoms with Crippen molar-refractivity contribution in [1.29, 1.82) is 0 Å². The fourth-order valence-electron chi connectivity index (χ4n) is 3.05. The van der Waals surface area contributed by atoms with Gasteiger partial charge in [0.15, 0.2) is 12.4 Å². The lowest BCUT2D eigenvalue weighted by Crippen LogP contribution is -2.15. The normalized spacial score (nSPS) is 11.5. The van der Waals surface area contributed by atoms with Crippen LogP contribution in [0.3, 0.4) is 0 Å². The molecule has 0 bridgehead atoms. The molecule has 3 rings (SSSR count). The monoisotopic (exact) mass is 493 g/mol. The van der Waals surface area contributed by atoms with E-state index in [0.717, 1.165) is 8.45 Å². The van der Waals surface area contributed by atoms with Crippen molar-refractivity contribution in [2.45, 2.75) is 25.7 Å². The zero-order valence-electron chi connectivity index (χ0n) is 16.6. The second-order valence-corrected chi connectivity index (χ2v) is 9.31. The third kappa shape index (κ3) is 4.27. The van der Waals surface area contributed by atoms with Gasteiger partial charge in [-0.05, 0) is 62.7 Å². The number of Topliss-reactive ketones (excluding diaryl/α,β-unsaturated/α-hetero) is 1. The van der Waals surface area contributed by atoms with Crippen molar-refractivity contribution < 1.29 is 27.5 Å². The van der Waals surface area contributed by atoms with E-state index in [0.29, 0.717) is 27.8 Å². The van der Waals surface area contributed by atoms with Gasteiger partial charge in [-0.3, -0.25) is 4.79 Å². The van der Waals surface area contributed by atoms with Crippen LogP contribution in [-0.4, -0.2) is 37.4 Å². The molecule has 0 fully saturated rings. The number of carbonyl (C=O) groups excluding carboxylic acids is 2.